The quantitative estimate of drug-likeness (QED) is 0.641. The van der Waals surface area contributed by atoms with Crippen LogP contribution in [0.25, 0.3) is 6.08 Å². The molecule has 9 nitrogen and oxygen atoms in total. The molecule has 156 valence electrons. The molecule has 0 fully saturated rings. The van der Waals surface area contributed by atoms with Crippen molar-refractivity contribution in [3.05, 3.63) is 47.4 Å². The SMILES string of the molecule is CCCS(=O)(=O)Nc1cccc(NC(=O)C2(C)CC=Cc3c(N)ncnc32)c1C#N. The van der Waals surface area contributed by atoms with Crippen LogP contribution in [-0.2, 0) is 20.2 Å². The summed E-state index contributed by atoms with van der Waals surface area (Å²) in [6.45, 7) is 3.48. The number of nitrogen functional groups attached to an aromatic ring is 1. The molecular weight excluding hydrogens is 404 g/mol. The maximum Gasteiger partial charge on any atom is 0.236 e. The number of hydrogen-bond donors (Lipinski definition) is 3. The van der Waals surface area contributed by atoms with Crippen LogP contribution in [0.3, 0.4) is 0 Å². The number of hydrogen-bond acceptors (Lipinski definition) is 7. The van der Waals surface area contributed by atoms with Crippen LogP contribution in [-0.4, -0.2) is 30.0 Å². The van der Waals surface area contributed by atoms with Crippen LogP contribution < -0.4 is 15.8 Å². The van der Waals surface area contributed by atoms with Gasteiger partial charge in [0, 0.05) is 5.56 Å². The van der Waals surface area contributed by atoms with E-state index in [-0.39, 0.29) is 28.5 Å². The number of carbonyl (C=O) groups is 1. The molecule has 30 heavy (non-hydrogen) atoms. The van der Waals surface area contributed by atoms with Crippen molar-refractivity contribution in [3.63, 3.8) is 0 Å². The highest BCUT2D eigenvalue weighted by atomic mass is 32.2. The van der Waals surface area contributed by atoms with Gasteiger partial charge in [-0.05, 0) is 31.9 Å². The zero-order valence-corrected chi connectivity index (χ0v) is 17.5. The number of amides is 1. The molecule has 0 spiro atoms. The van der Waals surface area contributed by atoms with Crippen molar-refractivity contribution in [3.8, 4) is 6.07 Å². The van der Waals surface area contributed by atoms with Crippen molar-refractivity contribution in [2.45, 2.75) is 32.1 Å². The van der Waals surface area contributed by atoms with E-state index in [1.54, 1.807) is 32.1 Å². The van der Waals surface area contributed by atoms with Crippen LogP contribution in [0.2, 0.25) is 0 Å². The van der Waals surface area contributed by atoms with Crippen LogP contribution in [0, 0.1) is 11.3 Å². The van der Waals surface area contributed by atoms with Gasteiger partial charge in [-0.2, -0.15) is 5.26 Å². The second kappa shape index (κ2) is 8.12. The van der Waals surface area contributed by atoms with Crippen molar-refractivity contribution < 1.29 is 13.2 Å². The summed E-state index contributed by atoms with van der Waals surface area (Å²) < 4.78 is 26.7. The predicted molar refractivity (Wildman–Crippen MR) is 115 cm³/mol. The van der Waals surface area contributed by atoms with Gasteiger partial charge in [0.1, 0.15) is 18.2 Å². The van der Waals surface area contributed by atoms with E-state index in [9.17, 15) is 18.5 Å². The third-order valence-electron chi connectivity index (χ3n) is 4.91. The number of nitrogens with two attached hydrogens (primary N) is 1. The smallest absolute Gasteiger partial charge is 0.236 e. The molecule has 1 atom stereocenters. The summed E-state index contributed by atoms with van der Waals surface area (Å²) in [4.78, 5) is 21.5. The van der Waals surface area contributed by atoms with Crippen LogP contribution in [0.4, 0.5) is 17.2 Å². The molecule has 0 aliphatic heterocycles. The van der Waals surface area contributed by atoms with Gasteiger partial charge in [-0.15, -0.1) is 0 Å². The molecule has 0 saturated heterocycles. The Morgan fingerprint density at radius 3 is 2.77 bits per heavy atom. The maximum atomic E-state index is 13.2. The Bertz CT molecular complexity index is 1170. The van der Waals surface area contributed by atoms with Gasteiger partial charge in [0.15, 0.2) is 0 Å². The van der Waals surface area contributed by atoms with Crippen LogP contribution in [0.5, 0.6) is 0 Å². The lowest BCUT2D eigenvalue weighted by atomic mass is 9.76. The molecule has 3 rings (SSSR count). The normalized spacial score (nSPS) is 17.6. The number of nitriles is 1. The Morgan fingerprint density at radius 1 is 1.33 bits per heavy atom. The molecule has 0 radical (unpaired) electrons. The first-order valence-corrected chi connectivity index (χ1v) is 11.0. The predicted octanol–water partition coefficient (Wildman–Crippen LogP) is 2.40. The first kappa shape index (κ1) is 21.3. The van der Waals surface area contributed by atoms with E-state index in [1.807, 2.05) is 12.1 Å². The van der Waals surface area contributed by atoms with Gasteiger partial charge in [-0.1, -0.05) is 25.1 Å². The molecule has 1 aliphatic rings. The third kappa shape index (κ3) is 3.97. The summed E-state index contributed by atoms with van der Waals surface area (Å²) >= 11 is 0. The highest BCUT2D eigenvalue weighted by Gasteiger charge is 2.40. The van der Waals surface area contributed by atoms with E-state index in [0.717, 1.165) is 0 Å². The van der Waals surface area contributed by atoms with E-state index in [1.165, 1.54) is 12.4 Å². The molecule has 4 N–H and O–H groups in total. The number of nitrogens with zero attached hydrogens (tertiary/aromatic N) is 3. The Hall–Kier alpha value is -3.45. The zero-order valence-electron chi connectivity index (χ0n) is 16.6. The summed E-state index contributed by atoms with van der Waals surface area (Å²) in [5.74, 6) is -0.187. The lowest BCUT2D eigenvalue weighted by molar-refractivity contribution is -0.121. The minimum Gasteiger partial charge on any atom is -0.383 e. The Labute approximate surface area is 175 Å². The standard InChI is InChI=1S/C20H22N6O3S/c1-3-10-30(28,29)26-16-8-4-7-15(14(16)11-21)25-19(27)20(2)9-5-6-13-17(20)23-12-24-18(13)22/h4-8,12,26H,3,9-10H2,1-2H3,(H,25,27)(H2,22,23,24). The first-order chi connectivity index (χ1) is 14.2. The Morgan fingerprint density at radius 2 is 2.07 bits per heavy atom. The molecule has 1 heterocycles. The van der Waals surface area contributed by atoms with Gasteiger partial charge in [-0.3, -0.25) is 9.52 Å². The zero-order chi connectivity index (χ0) is 21.9. The number of benzene rings is 1. The van der Waals surface area contributed by atoms with Gasteiger partial charge in [0.2, 0.25) is 15.9 Å². The van der Waals surface area contributed by atoms with Crippen molar-refractivity contribution in [1.29, 1.82) is 5.26 Å². The van der Waals surface area contributed by atoms with Gasteiger partial charge >= 0.3 is 0 Å². The molecule has 0 bridgehead atoms. The fraction of sp³-hybridized carbons (Fsp3) is 0.300. The van der Waals surface area contributed by atoms with E-state index in [0.29, 0.717) is 24.1 Å². The lowest BCUT2D eigenvalue weighted by Crippen LogP contribution is -2.40. The van der Waals surface area contributed by atoms with Gasteiger partial charge < -0.3 is 11.1 Å². The Balaban J connectivity index is 1.95. The molecule has 1 aliphatic carbocycles. The largest absolute Gasteiger partial charge is 0.383 e. The second-order valence-electron chi connectivity index (χ2n) is 7.17. The average Bonchev–Trinajstić information content (AvgIpc) is 2.69. The van der Waals surface area contributed by atoms with Gasteiger partial charge in [-0.25, -0.2) is 18.4 Å². The first-order valence-electron chi connectivity index (χ1n) is 9.34. The minimum atomic E-state index is -3.59. The summed E-state index contributed by atoms with van der Waals surface area (Å²) in [6.07, 6.45) is 5.73. The molecular formula is C20H22N6O3S. The number of fused-ring (bicyclic) bond motifs is 1. The minimum absolute atomic E-state index is 0.0305. The Kier molecular flexibility index (Phi) is 5.75. The van der Waals surface area contributed by atoms with Crippen molar-refractivity contribution in [2.75, 3.05) is 21.5 Å². The van der Waals surface area contributed by atoms with E-state index in [2.05, 4.69) is 20.0 Å². The number of carbonyl (C=O) groups excluding carboxylic acids is 1. The maximum absolute atomic E-state index is 13.2. The van der Waals surface area contributed by atoms with Crippen LogP contribution in [0.1, 0.15) is 43.5 Å². The topological polar surface area (TPSA) is 151 Å². The number of anilines is 3. The number of nitrogens with one attached hydrogen (secondary N) is 2. The molecule has 10 heteroatoms. The third-order valence-corrected chi connectivity index (χ3v) is 6.39. The molecule has 0 saturated carbocycles. The monoisotopic (exact) mass is 426 g/mol. The van der Waals surface area contributed by atoms with Gasteiger partial charge in [0.25, 0.3) is 0 Å². The van der Waals surface area contributed by atoms with E-state index in [4.69, 9.17) is 5.73 Å². The second-order valence-corrected chi connectivity index (χ2v) is 9.02. The molecule has 1 aromatic carbocycles. The summed E-state index contributed by atoms with van der Waals surface area (Å²) in [6, 6.07) is 6.57. The molecule has 2 aromatic rings. The molecule has 1 aromatic heterocycles. The molecule has 1 amide bonds. The number of sulfonamides is 1. The van der Waals surface area contributed by atoms with Crippen LogP contribution in [0.15, 0.2) is 30.6 Å². The summed E-state index contributed by atoms with van der Waals surface area (Å²) in [7, 11) is -3.59. The van der Waals surface area contributed by atoms with E-state index >= 15 is 0 Å². The lowest BCUT2D eigenvalue weighted by Gasteiger charge is -2.31. The van der Waals surface area contributed by atoms with Crippen molar-refractivity contribution in [1.82, 2.24) is 9.97 Å². The van der Waals surface area contributed by atoms with Crippen molar-refractivity contribution in [2.24, 2.45) is 0 Å². The molecule has 1 unspecified atom stereocenters. The summed E-state index contributed by atoms with van der Waals surface area (Å²) in [5, 5.41) is 12.4. The number of allylic oxidation sites excluding steroid dienone is 1. The van der Waals surface area contributed by atoms with Crippen LogP contribution >= 0.6 is 0 Å². The average molecular weight is 427 g/mol. The fourth-order valence-electron chi connectivity index (χ4n) is 3.33. The highest BCUT2D eigenvalue weighted by Crippen LogP contribution is 2.37. The van der Waals surface area contributed by atoms with E-state index < -0.39 is 21.3 Å². The van der Waals surface area contributed by atoms with Gasteiger partial charge in [0.05, 0.1) is 33.8 Å². The number of aromatic nitrogens is 2. The summed E-state index contributed by atoms with van der Waals surface area (Å²) in [5.41, 5.74) is 6.32. The highest BCUT2D eigenvalue weighted by molar-refractivity contribution is 7.92. The van der Waals surface area contributed by atoms with Crippen molar-refractivity contribution >= 4 is 39.2 Å². The number of rotatable bonds is 6. The fourth-order valence-corrected chi connectivity index (χ4v) is 4.48.